The SMILES string of the molecule is CC1=NC(c2ccc([N+](=O)[O-])o2)=C(N)C2=NNC(=CN3CCOCC3)N12. The molecular weight excluding hydrogens is 342 g/mol. The molecule has 1 aromatic heterocycles. The summed E-state index contributed by atoms with van der Waals surface area (Å²) in [6.45, 7) is 4.73. The molecule has 3 aliphatic heterocycles. The Morgan fingerprint density at radius 2 is 2.15 bits per heavy atom. The number of nitro groups is 1. The normalized spacial score (nSPS) is 21.5. The number of hydrazone groups is 1. The quantitative estimate of drug-likeness (QED) is 0.591. The highest BCUT2D eigenvalue weighted by molar-refractivity contribution is 6.17. The van der Waals surface area contributed by atoms with Gasteiger partial charge in [-0.1, -0.05) is 0 Å². The molecule has 1 saturated heterocycles. The van der Waals surface area contributed by atoms with Crippen LogP contribution in [0.15, 0.2) is 44.4 Å². The molecule has 0 aromatic carbocycles. The molecule has 11 nitrogen and oxygen atoms in total. The average Bonchev–Trinajstić information content (AvgIpc) is 3.27. The lowest BCUT2D eigenvalue weighted by molar-refractivity contribution is -0.402. The fourth-order valence-electron chi connectivity index (χ4n) is 2.92. The van der Waals surface area contributed by atoms with Crippen LogP contribution in [-0.4, -0.2) is 52.7 Å². The van der Waals surface area contributed by atoms with Crippen LogP contribution in [0.2, 0.25) is 0 Å². The van der Waals surface area contributed by atoms with Crippen molar-refractivity contribution in [3.63, 3.8) is 0 Å². The zero-order valence-corrected chi connectivity index (χ0v) is 14.0. The summed E-state index contributed by atoms with van der Waals surface area (Å²) in [6, 6.07) is 2.74. The summed E-state index contributed by atoms with van der Waals surface area (Å²) < 4.78 is 10.6. The molecule has 1 aromatic rings. The molecule has 11 heteroatoms. The molecular formula is C15H17N7O4. The first-order valence-corrected chi connectivity index (χ1v) is 8.02. The number of hydrogen-bond donors (Lipinski definition) is 2. The zero-order chi connectivity index (χ0) is 18.3. The summed E-state index contributed by atoms with van der Waals surface area (Å²) >= 11 is 0. The average molecular weight is 359 g/mol. The standard InChI is InChI=1S/C15H17N7O4/c1-9-17-14(10-2-3-12(26-10)22(23)24)13(16)15-19-18-11(21(9)15)8-20-4-6-25-7-5-20/h2-3,8,18H,4-7,16H2,1H3. The molecule has 0 radical (unpaired) electrons. The van der Waals surface area contributed by atoms with Crippen molar-refractivity contribution in [3.05, 3.63) is 45.7 Å². The van der Waals surface area contributed by atoms with E-state index < -0.39 is 4.92 Å². The van der Waals surface area contributed by atoms with E-state index in [0.29, 0.717) is 30.6 Å². The molecule has 136 valence electrons. The largest absolute Gasteiger partial charge is 0.433 e. The first kappa shape index (κ1) is 16.1. The van der Waals surface area contributed by atoms with Gasteiger partial charge < -0.3 is 19.8 Å². The van der Waals surface area contributed by atoms with Crippen LogP contribution >= 0.6 is 0 Å². The summed E-state index contributed by atoms with van der Waals surface area (Å²) in [5.41, 5.74) is 9.76. The molecule has 0 spiro atoms. The summed E-state index contributed by atoms with van der Waals surface area (Å²) in [7, 11) is 0. The molecule has 26 heavy (non-hydrogen) atoms. The Bertz CT molecular complexity index is 876. The number of aliphatic imine (C=N–C) groups is 1. The maximum Gasteiger partial charge on any atom is 0.433 e. The van der Waals surface area contributed by atoms with E-state index in [2.05, 4.69) is 20.4 Å². The fraction of sp³-hybridized carbons (Fsp3) is 0.333. The van der Waals surface area contributed by atoms with Gasteiger partial charge in [-0.05, 0) is 13.0 Å². The van der Waals surface area contributed by atoms with E-state index in [9.17, 15) is 10.1 Å². The van der Waals surface area contributed by atoms with E-state index in [-0.39, 0.29) is 17.3 Å². The molecule has 1 fully saturated rings. The van der Waals surface area contributed by atoms with Gasteiger partial charge in [0.25, 0.3) is 0 Å². The number of rotatable bonds is 3. The van der Waals surface area contributed by atoms with Gasteiger partial charge in [-0.3, -0.25) is 20.4 Å². The van der Waals surface area contributed by atoms with Gasteiger partial charge in [0, 0.05) is 19.3 Å². The van der Waals surface area contributed by atoms with Gasteiger partial charge in [0.1, 0.15) is 28.0 Å². The second-order valence-corrected chi connectivity index (χ2v) is 5.86. The molecule has 0 saturated carbocycles. The lowest BCUT2D eigenvalue weighted by Crippen LogP contribution is -2.40. The number of fused-ring (bicyclic) bond motifs is 1. The first-order valence-electron chi connectivity index (χ1n) is 8.02. The molecule has 0 aliphatic carbocycles. The van der Waals surface area contributed by atoms with Gasteiger partial charge >= 0.3 is 5.88 Å². The van der Waals surface area contributed by atoms with Gasteiger partial charge in [-0.2, -0.15) is 5.10 Å². The summed E-state index contributed by atoms with van der Waals surface area (Å²) in [6.07, 6.45) is 1.95. The van der Waals surface area contributed by atoms with Gasteiger partial charge in [0.15, 0.2) is 11.6 Å². The molecule has 0 unspecified atom stereocenters. The van der Waals surface area contributed by atoms with Gasteiger partial charge in [0.2, 0.25) is 0 Å². The zero-order valence-electron chi connectivity index (χ0n) is 14.0. The van der Waals surface area contributed by atoms with Crippen LogP contribution in [0, 0.1) is 10.1 Å². The lowest BCUT2D eigenvalue weighted by Gasteiger charge is -2.29. The van der Waals surface area contributed by atoms with Crippen molar-refractivity contribution in [2.24, 2.45) is 15.8 Å². The second kappa shape index (κ2) is 6.19. The minimum atomic E-state index is -0.607. The lowest BCUT2D eigenvalue weighted by atomic mass is 10.2. The number of morpholine rings is 1. The smallest absolute Gasteiger partial charge is 0.399 e. The number of nitrogens with zero attached hydrogens (tertiary/aromatic N) is 5. The van der Waals surface area contributed by atoms with Crippen LogP contribution in [0.1, 0.15) is 12.7 Å². The van der Waals surface area contributed by atoms with Crippen molar-refractivity contribution >= 4 is 23.3 Å². The van der Waals surface area contributed by atoms with Crippen LogP contribution < -0.4 is 11.2 Å². The Hall–Kier alpha value is -3.34. The molecule has 0 atom stereocenters. The Labute approximate surface area is 148 Å². The number of ether oxygens (including phenoxy) is 1. The molecule has 0 bridgehead atoms. The van der Waals surface area contributed by atoms with Crippen LogP contribution in [0.4, 0.5) is 5.88 Å². The predicted molar refractivity (Wildman–Crippen MR) is 92.5 cm³/mol. The molecule has 3 N–H and O–H groups in total. The first-order chi connectivity index (χ1) is 12.5. The highest BCUT2D eigenvalue weighted by Gasteiger charge is 2.34. The maximum atomic E-state index is 10.8. The van der Waals surface area contributed by atoms with Crippen LogP contribution in [0.5, 0.6) is 0 Å². The number of nitrogens with two attached hydrogens (primary N) is 1. The number of nitrogens with one attached hydrogen (secondary N) is 1. The van der Waals surface area contributed by atoms with Crippen molar-refractivity contribution in [3.8, 4) is 0 Å². The molecule has 4 rings (SSSR count). The van der Waals surface area contributed by atoms with Crippen LogP contribution in [0.25, 0.3) is 5.70 Å². The highest BCUT2D eigenvalue weighted by Crippen LogP contribution is 2.31. The third-order valence-corrected chi connectivity index (χ3v) is 4.18. The summed E-state index contributed by atoms with van der Waals surface area (Å²) in [5.74, 6) is 1.69. The molecule has 0 amide bonds. The van der Waals surface area contributed by atoms with Crippen molar-refractivity contribution < 1.29 is 14.1 Å². The van der Waals surface area contributed by atoms with Crippen molar-refractivity contribution in [1.29, 1.82) is 0 Å². The van der Waals surface area contributed by atoms with E-state index in [1.165, 1.54) is 12.1 Å². The van der Waals surface area contributed by atoms with Crippen LogP contribution in [0.3, 0.4) is 0 Å². The monoisotopic (exact) mass is 359 g/mol. The fourth-order valence-corrected chi connectivity index (χ4v) is 2.92. The second-order valence-electron chi connectivity index (χ2n) is 5.86. The number of furan rings is 1. The number of amidine groups is 2. The minimum Gasteiger partial charge on any atom is -0.399 e. The molecule has 3 aliphatic rings. The minimum absolute atomic E-state index is 0.224. The van der Waals surface area contributed by atoms with Gasteiger partial charge in [-0.25, -0.2) is 4.99 Å². The van der Waals surface area contributed by atoms with Gasteiger partial charge in [-0.15, -0.1) is 0 Å². The van der Waals surface area contributed by atoms with E-state index in [0.717, 1.165) is 18.9 Å². The Morgan fingerprint density at radius 3 is 2.85 bits per heavy atom. The Balaban J connectivity index is 1.64. The summed E-state index contributed by atoms with van der Waals surface area (Å²) in [5, 5.41) is 15.1. The van der Waals surface area contributed by atoms with Crippen molar-refractivity contribution in [2.45, 2.75) is 6.92 Å². The summed E-state index contributed by atoms with van der Waals surface area (Å²) in [4.78, 5) is 18.6. The third-order valence-electron chi connectivity index (χ3n) is 4.18. The van der Waals surface area contributed by atoms with E-state index >= 15 is 0 Å². The van der Waals surface area contributed by atoms with Gasteiger partial charge in [0.05, 0.1) is 19.3 Å². The predicted octanol–water partition coefficient (Wildman–Crippen LogP) is 0.597. The third kappa shape index (κ3) is 2.67. The van der Waals surface area contributed by atoms with E-state index in [1.54, 1.807) is 11.8 Å². The highest BCUT2D eigenvalue weighted by atomic mass is 16.6. The van der Waals surface area contributed by atoms with Crippen molar-refractivity contribution in [1.82, 2.24) is 15.2 Å². The van der Waals surface area contributed by atoms with Crippen molar-refractivity contribution in [2.75, 3.05) is 26.3 Å². The maximum absolute atomic E-state index is 10.8. The Kier molecular flexibility index (Phi) is 3.84. The molecule has 4 heterocycles. The van der Waals surface area contributed by atoms with E-state index in [4.69, 9.17) is 14.9 Å². The Morgan fingerprint density at radius 1 is 1.38 bits per heavy atom. The number of hydrogen-bond acceptors (Lipinski definition) is 10. The topological polar surface area (TPSA) is 135 Å². The van der Waals surface area contributed by atoms with E-state index in [1.807, 2.05) is 6.20 Å². The van der Waals surface area contributed by atoms with Crippen LogP contribution in [-0.2, 0) is 4.74 Å².